The van der Waals surface area contributed by atoms with Gasteiger partial charge >= 0.3 is 7.60 Å². The third-order valence-electron chi connectivity index (χ3n) is 3.31. The van der Waals surface area contributed by atoms with E-state index in [9.17, 15) is 35.0 Å². The maximum absolute atomic E-state index is 11.8. The molecule has 0 amide bonds. The Labute approximate surface area is 120 Å². The van der Waals surface area contributed by atoms with Crippen molar-refractivity contribution in [1.82, 2.24) is 0 Å². The lowest BCUT2D eigenvalue weighted by Crippen LogP contribution is -2.64. The summed E-state index contributed by atoms with van der Waals surface area (Å²) in [5.41, 5.74) is 0. The minimum absolute atomic E-state index is 0.267. The summed E-state index contributed by atoms with van der Waals surface area (Å²) in [6.45, 7) is -0.613. The van der Waals surface area contributed by atoms with E-state index in [0.29, 0.717) is 0 Å². The highest BCUT2D eigenvalue weighted by atomic mass is 31.2. The maximum Gasteiger partial charge on any atom is 0.328 e. The standard InChI is InChI=1S/C10H21O10P/c11-3-4(12)1-2-21(18,19)20-10-8(16)6(14)5(13)7(15)9(10)17/h4-17H,1-3H2,(H,18,19)/t4-,5-,6-,7+,8+,9+,10-/m0/s1. The van der Waals surface area contributed by atoms with Crippen molar-refractivity contribution in [3.63, 3.8) is 0 Å². The molecule has 0 aromatic carbocycles. The number of aliphatic hydroxyl groups excluding tert-OH is 7. The Balaban J connectivity index is 2.72. The lowest BCUT2D eigenvalue weighted by molar-refractivity contribution is -0.218. The van der Waals surface area contributed by atoms with Crippen molar-refractivity contribution in [2.75, 3.05) is 12.8 Å². The smallest absolute Gasteiger partial charge is 0.328 e. The molecule has 10 nitrogen and oxygen atoms in total. The molecule has 8 atom stereocenters. The second kappa shape index (κ2) is 7.42. The Kier molecular flexibility index (Phi) is 6.69. The first-order chi connectivity index (χ1) is 9.60. The molecule has 0 spiro atoms. The molecule has 21 heavy (non-hydrogen) atoms. The van der Waals surface area contributed by atoms with Crippen LogP contribution < -0.4 is 0 Å². The highest BCUT2D eigenvalue weighted by Crippen LogP contribution is 2.46. The topological polar surface area (TPSA) is 188 Å². The van der Waals surface area contributed by atoms with Gasteiger partial charge in [0.05, 0.1) is 18.9 Å². The van der Waals surface area contributed by atoms with E-state index in [1.54, 1.807) is 0 Å². The van der Waals surface area contributed by atoms with Crippen LogP contribution in [0, 0.1) is 0 Å². The third kappa shape index (κ3) is 4.67. The summed E-state index contributed by atoms with van der Waals surface area (Å²) in [6, 6.07) is 0. The van der Waals surface area contributed by atoms with E-state index in [2.05, 4.69) is 4.52 Å². The van der Waals surface area contributed by atoms with E-state index in [1.165, 1.54) is 0 Å². The zero-order chi connectivity index (χ0) is 16.4. The Hall–Kier alpha value is -0.130. The Bertz CT molecular complexity index is 363. The molecule has 0 bridgehead atoms. The van der Waals surface area contributed by atoms with Gasteiger partial charge in [0, 0.05) is 0 Å². The van der Waals surface area contributed by atoms with E-state index in [0.717, 1.165) is 0 Å². The Morgan fingerprint density at radius 1 is 0.952 bits per heavy atom. The lowest BCUT2D eigenvalue weighted by atomic mass is 9.85. The van der Waals surface area contributed by atoms with Crippen molar-refractivity contribution in [2.45, 2.75) is 49.1 Å². The Morgan fingerprint density at radius 2 is 1.38 bits per heavy atom. The van der Waals surface area contributed by atoms with Gasteiger partial charge in [-0.1, -0.05) is 0 Å². The van der Waals surface area contributed by atoms with Crippen molar-refractivity contribution in [3.8, 4) is 0 Å². The van der Waals surface area contributed by atoms with Crippen LogP contribution >= 0.6 is 7.60 Å². The van der Waals surface area contributed by atoms with Gasteiger partial charge in [-0.05, 0) is 6.42 Å². The van der Waals surface area contributed by atoms with Gasteiger partial charge in [-0.2, -0.15) is 0 Å². The van der Waals surface area contributed by atoms with Crippen LogP contribution in [-0.2, 0) is 9.09 Å². The van der Waals surface area contributed by atoms with E-state index in [-0.39, 0.29) is 6.42 Å². The quantitative estimate of drug-likeness (QED) is 0.223. The van der Waals surface area contributed by atoms with Gasteiger partial charge in [0.1, 0.15) is 36.6 Å². The lowest BCUT2D eigenvalue weighted by Gasteiger charge is -2.41. The van der Waals surface area contributed by atoms with Crippen LogP contribution in [-0.4, -0.2) is 96.1 Å². The minimum Gasteiger partial charge on any atom is -0.394 e. The van der Waals surface area contributed by atoms with Gasteiger partial charge in [0.15, 0.2) is 0 Å². The predicted octanol–water partition coefficient (Wildman–Crippen LogP) is -3.88. The molecule has 126 valence electrons. The summed E-state index contributed by atoms with van der Waals surface area (Å²) < 4.78 is 16.5. The summed E-state index contributed by atoms with van der Waals surface area (Å²) >= 11 is 0. The summed E-state index contributed by atoms with van der Waals surface area (Å²) in [7, 11) is -4.37. The average Bonchev–Trinajstić information content (AvgIpc) is 2.45. The molecule has 0 radical (unpaired) electrons. The van der Waals surface area contributed by atoms with E-state index in [4.69, 9.17) is 10.2 Å². The summed E-state index contributed by atoms with van der Waals surface area (Å²) in [5.74, 6) is 0. The van der Waals surface area contributed by atoms with Gasteiger partial charge in [-0.3, -0.25) is 9.09 Å². The molecule has 0 aromatic heterocycles. The first kappa shape index (κ1) is 18.9. The van der Waals surface area contributed by atoms with Gasteiger partial charge in [0.2, 0.25) is 0 Å². The SMILES string of the molecule is O=P(O)(CC[C@H](O)CO)O[C@@H]1[C@H](O)[C@H](O)[C@@H](O)[C@H](O)[C@H]1O. The molecule has 1 rings (SSSR count). The number of aliphatic hydroxyl groups is 7. The fourth-order valence-corrected chi connectivity index (χ4v) is 3.33. The molecule has 1 fully saturated rings. The van der Waals surface area contributed by atoms with Crippen LogP contribution in [0.5, 0.6) is 0 Å². The van der Waals surface area contributed by atoms with Crippen molar-refractivity contribution in [3.05, 3.63) is 0 Å². The van der Waals surface area contributed by atoms with E-state index >= 15 is 0 Å². The first-order valence-corrected chi connectivity index (χ1v) is 8.06. The van der Waals surface area contributed by atoms with Gasteiger partial charge in [0.25, 0.3) is 0 Å². The average molecular weight is 332 g/mol. The fraction of sp³-hybridized carbons (Fsp3) is 1.00. The number of hydrogen-bond acceptors (Lipinski definition) is 9. The van der Waals surface area contributed by atoms with E-state index < -0.39 is 63.1 Å². The predicted molar refractivity (Wildman–Crippen MR) is 67.3 cm³/mol. The molecular formula is C10H21O10P. The van der Waals surface area contributed by atoms with Gasteiger partial charge < -0.3 is 40.6 Å². The minimum atomic E-state index is -4.37. The number of hydrogen-bond donors (Lipinski definition) is 8. The highest BCUT2D eigenvalue weighted by Gasteiger charge is 2.50. The normalized spacial score (nSPS) is 41.5. The summed E-state index contributed by atoms with van der Waals surface area (Å²) in [5, 5.41) is 65.3. The summed E-state index contributed by atoms with van der Waals surface area (Å²) in [6.07, 6.45) is -13.2. The third-order valence-corrected chi connectivity index (χ3v) is 4.71. The van der Waals surface area contributed by atoms with Gasteiger partial charge in [-0.25, -0.2) is 0 Å². The van der Waals surface area contributed by atoms with Gasteiger partial charge in [-0.15, -0.1) is 0 Å². The molecule has 8 N–H and O–H groups in total. The second-order valence-corrected chi connectivity index (χ2v) is 6.94. The van der Waals surface area contributed by atoms with Crippen LogP contribution in [0.1, 0.15) is 6.42 Å². The molecule has 0 aliphatic heterocycles. The largest absolute Gasteiger partial charge is 0.394 e. The molecule has 1 saturated carbocycles. The second-order valence-electron chi connectivity index (χ2n) is 5.01. The first-order valence-electron chi connectivity index (χ1n) is 6.30. The van der Waals surface area contributed by atoms with Crippen molar-refractivity contribution in [2.24, 2.45) is 0 Å². The zero-order valence-electron chi connectivity index (χ0n) is 11.0. The molecule has 1 aliphatic rings. The molecular weight excluding hydrogens is 311 g/mol. The molecule has 1 aliphatic carbocycles. The van der Waals surface area contributed by atoms with Crippen molar-refractivity contribution < 1.29 is 49.7 Å². The molecule has 11 heteroatoms. The maximum atomic E-state index is 11.8. The molecule has 0 aromatic rings. The monoisotopic (exact) mass is 332 g/mol. The molecule has 0 heterocycles. The van der Waals surface area contributed by atoms with Crippen LogP contribution in [0.4, 0.5) is 0 Å². The van der Waals surface area contributed by atoms with Crippen molar-refractivity contribution >= 4 is 7.60 Å². The number of rotatable bonds is 6. The van der Waals surface area contributed by atoms with E-state index in [1.807, 2.05) is 0 Å². The highest BCUT2D eigenvalue weighted by molar-refractivity contribution is 7.52. The van der Waals surface area contributed by atoms with Crippen LogP contribution in [0.3, 0.4) is 0 Å². The zero-order valence-corrected chi connectivity index (χ0v) is 11.9. The van der Waals surface area contributed by atoms with Crippen molar-refractivity contribution in [1.29, 1.82) is 0 Å². The van der Waals surface area contributed by atoms with Crippen LogP contribution in [0.15, 0.2) is 0 Å². The fourth-order valence-electron chi connectivity index (χ4n) is 1.97. The van der Waals surface area contributed by atoms with Crippen LogP contribution in [0.25, 0.3) is 0 Å². The molecule has 0 saturated heterocycles. The Morgan fingerprint density at radius 3 is 1.81 bits per heavy atom. The molecule has 1 unspecified atom stereocenters. The summed E-state index contributed by atoms with van der Waals surface area (Å²) in [4.78, 5) is 9.58. The van der Waals surface area contributed by atoms with Crippen LogP contribution in [0.2, 0.25) is 0 Å².